The molecule has 0 bridgehead atoms. The van der Waals surface area contributed by atoms with Gasteiger partial charge in [-0.25, -0.2) is 0 Å². The van der Waals surface area contributed by atoms with E-state index in [0.717, 1.165) is 38.5 Å². The number of carboxylic acids is 1. The summed E-state index contributed by atoms with van der Waals surface area (Å²) in [4.78, 5) is 36.3. The highest BCUT2D eigenvalue weighted by Crippen LogP contribution is 2.12. The maximum Gasteiger partial charge on any atom is 0.306 e. The van der Waals surface area contributed by atoms with E-state index in [4.69, 9.17) is 18.9 Å². The molecular formula is C32H61NO8. The van der Waals surface area contributed by atoms with Gasteiger partial charge in [-0.05, 0) is 12.8 Å². The van der Waals surface area contributed by atoms with Crippen molar-refractivity contribution in [2.45, 2.75) is 142 Å². The van der Waals surface area contributed by atoms with E-state index in [0.29, 0.717) is 17.4 Å². The standard InChI is InChI=1S/C32H61NO8/c1-6-8-10-12-14-15-17-19-21-23-30(35)41-28(26-39-29(34)22-20-18-16-13-11-9-7-2)27-40-32(31(36)37)38-25-24-33(3,4)5/h28,32H,6-27H2,1-5H3. The van der Waals surface area contributed by atoms with Crippen molar-refractivity contribution in [3.8, 4) is 0 Å². The third kappa shape index (κ3) is 26.9. The zero-order valence-corrected chi connectivity index (χ0v) is 26.9. The topological polar surface area (TPSA) is 111 Å². The van der Waals surface area contributed by atoms with Gasteiger partial charge in [0.2, 0.25) is 0 Å². The zero-order chi connectivity index (χ0) is 30.8. The van der Waals surface area contributed by atoms with Crippen molar-refractivity contribution in [2.24, 2.45) is 0 Å². The zero-order valence-electron chi connectivity index (χ0n) is 26.9. The van der Waals surface area contributed by atoms with Gasteiger partial charge in [-0.2, -0.15) is 0 Å². The Morgan fingerprint density at radius 1 is 0.634 bits per heavy atom. The van der Waals surface area contributed by atoms with E-state index < -0.39 is 24.3 Å². The van der Waals surface area contributed by atoms with Crippen LogP contribution < -0.4 is 5.11 Å². The lowest BCUT2D eigenvalue weighted by molar-refractivity contribution is -0.870. The van der Waals surface area contributed by atoms with Gasteiger partial charge >= 0.3 is 11.9 Å². The largest absolute Gasteiger partial charge is 0.545 e. The smallest absolute Gasteiger partial charge is 0.306 e. The summed E-state index contributed by atoms with van der Waals surface area (Å²) in [7, 11) is 5.88. The number of hydrogen-bond donors (Lipinski definition) is 0. The minimum Gasteiger partial charge on any atom is -0.545 e. The number of carboxylic acid groups (broad SMARTS) is 1. The first kappa shape index (κ1) is 39.3. The van der Waals surface area contributed by atoms with Gasteiger partial charge in [0, 0.05) is 12.8 Å². The average Bonchev–Trinajstić information content (AvgIpc) is 2.91. The molecule has 242 valence electrons. The highest BCUT2D eigenvalue weighted by molar-refractivity contribution is 5.70. The van der Waals surface area contributed by atoms with Crippen LogP contribution in [0, 0.1) is 0 Å². The summed E-state index contributed by atoms with van der Waals surface area (Å²) < 4.78 is 22.2. The summed E-state index contributed by atoms with van der Waals surface area (Å²) in [6, 6.07) is 0. The van der Waals surface area contributed by atoms with Crippen molar-refractivity contribution in [1.29, 1.82) is 0 Å². The van der Waals surface area contributed by atoms with E-state index >= 15 is 0 Å². The number of rotatable bonds is 29. The Morgan fingerprint density at radius 2 is 1.10 bits per heavy atom. The van der Waals surface area contributed by atoms with E-state index in [-0.39, 0.29) is 32.2 Å². The Labute approximate surface area is 250 Å². The van der Waals surface area contributed by atoms with Crippen LogP contribution in [0.2, 0.25) is 0 Å². The molecule has 0 heterocycles. The van der Waals surface area contributed by atoms with Crippen LogP contribution in [0.4, 0.5) is 0 Å². The molecule has 0 amide bonds. The maximum absolute atomic E-state index is 12.5. The van der Waals surface area contributed by atoms with Crippen LogP contribution in [-0.4, -0.2) is 82.3 Å². The van der Waals surface area contributed by atoms with Gasteiger partial charge in [0.25, 0.3) is 0 Å². The average molecular weight is 588 g/mol. The molecule has 0 aromatic carbocycles. The van der Waals surface area contributed by atoms with Gasteiger partial charge in [0.1, 0.15) is 13.2 Å². The van der Waals surface area contributed by atoms with Crippen LogP contribution >= 0.6 is 0 Å². The summed E-state index contributed by atoms with van der Waals surface area (Å²) in [5.74, 6) is -2.29. The summed E-state index contributed by atoms with van der Waals surface area (Å²) in [6.45, 7) is 4.63. The molecule has 0 aliphatic rings. The number of ether oxygens (including phenoxy) is 4. The summed E-state index contributed by atoms with van der Waals surface area (Å²) >= 11 is 0. The van der Waals surface area contributed by atoms with Crippen molar-refractivity contribution >= 4 is 17.9 Å². The van der Waals surface area contributed by atoms with Crippen molar-refractivity contribution in [2.75, 3.05) is 47.5 Å². The van der Waals surface area contributed by atoms with E-state index in [1.54, 1.807) is 0 Å². The van der Waals surface area contributed by atoms with Crippen LogP contribution in [0.25, 0.3) is 0 Å². The number of quaternary nitrogens is 1. The molecule has 0 spiro atoms. The number of unbranched alkanes of at least 4 members (excludes halogenated alkanes) is 14. The van der Waals surface area contributed by atoms with E-state index in [2.05, 4.69) is 13.8 Å². The molecule has 0 N–H and O–H groups in total. The van der Waals surface area contributed by atoms with E-state index in [1.807, 2.05) is 21.1 Å². The van der Waals surface area contributed by atoms with Crippen molar-refractivity contribution < 1.29 is 42.9 Å². The van der Waals surface area contributed by atoms with Crippen molar-refractivity contribution in [3.63, 3.8) is 0 Å². The quantitative estimate of drug-likeness (QED) is 0.0501. The molecule has 41 heavy (non-hydrogen) atoms. The lowest BCUT2D eigenvalue weighted by atomic mass is 10.1. The third-order valence-corrected chi connectivity index (χ3v) is 6.85. The van der Waals surface area contributed by atoms with Crippen LogP contribution in [0.3, 0.4) is 0 Å². The van der Waals surface area contributed by atoms with Crippen LogP contribution in [0.1, 0.15) is 129 Å². The molecule has 0 radical (unpaired) electrons. The first-order valence-corrected chi connectivity index (χ1v) is 16.2. The SMILES string of the molecule is CCCCCCCCCCCC(=O)OC(COC(=O)CCCCCCCCC)COC(OCC[N+](C)(C)C)C(=O)[O-]. The Morgan fingerprint density at radius 3 is 1.56 bits per heavy atom. The summed E-state index contributed by atoms with van der Waals surface area (Å²) in [5.41, 5.74) is 0. The number of carbonyl (C=O) groups excluding carboxylic acids is 3. The lowest BCUT2D eigenvalue weighted by Gasteiger charge is -2.26. The molecule has 0 aromatic rings. The number of hydrogen-bond acceptors (Lipinski definition) is 8. The molecule has 0 saturated carbocycles. The van der Waals surface area contributed by atoms with Gasteiger partial charge in [0.15, 0.2) is 12.4 Å². The van der Waals surface area contributed by atoms with Crippen molar-refractivity contribution in [3.05, 3.63) is 0 Å². The molecule has 2 unspecified atom stereocenters. The van der Waals surface area contributed by atoms with Crippen molar-refractivity contribution in [1.82, 2.24) is 0 Å². The number of likely N-dealkylation sites (N-methyl/N-ethyl adjacent to an activating group) is 1. The molecule has 0 saturated heterocycles. The van der Waals surface area contributed by atoms with Gasteiger partial charge in [-0.15, -0.1) is 0 Å². The van der Waals surface area contributed by atoms with Crippen LogP contribution in [-0.2, 0) is 33.3 Å². The number of carbonyl (C=O) groups is 3. The number of nitrogens with zero attached hydrogens (tertiary/aromatic N) is 1. The second-order valence-corrected chi connectivity index (χ2v) is 12.1. The third-order valence-electron chi connectivity index (χ3n) is 6.85. The Bertz CT molecular complexity index is 665. The minimum atomic E-state index is -1.61. The molecule has 9 heteroatoms. The Balaban J connectivity index is 4.64. The predicted molar refractivity (Wildman–Crippen MR) is 159 cm³/mol. The fourth-order valence-electron chi connectivity index (χ4n) is 4.24. The van der Waals surface area contributed by atoms with Gasteiger partial charge in [-0.3, -0.25) is 9.59 Å². The molecular weight excluding hydrogens is 526 g/mol. The highest BCUT2D eigenvalue weighted by Gasteiger charge is 2.21. The number of esters is 2. The predicted octanol–water partition coefficient (Wildman–Crippen LogP) is 5.32. The van der Waals surface area contributed by atoms with Gasteiger partial charge < -0.3 is 33.3 Å². The monoisotopic (exact) mass is 587 g/mol. The van der Waals surface area contributed by atoms with E-state index in [9.17, 15) is 19.5 Å². The normalized spacial score (nSPS) is 13.1. The van der Waals surface area contributed by atoms with E-state index in [1.165, 1.54) is 64.2 Å². The molecule has 2 atom stereocenters. The fraction of sp³-hybridized carbons (Fsp3) is 0.906. The Hall–Kier alpha value is -1.71. The fourth-order valence-corrected chi connectivity index (χ4v) is 4.24. The summed E-state index contributed by atoms with van der Waals surface area (Å²) in [5, 5.41) is 11.5. The second-order valence-electron chi connectivity index (χ2n) is 12.1. The summed E-state index contributed by atoms with van der Waals surface area (Å²) in [6.07, 6.45) is 15.9. The maximum atomic E-state index is 12.5. The van der Waals surface area contributed by atoms with Crippen LogP contribution in [0.15, 0.2) is 0 Å². The molecule has 0 aliphatic heterocycles. The number of aliphatic carboxylic acids is 1. The molecule has 0 aromatic heterocycles. The van der Waals surface area contributed by atoms with Gasteiger partial charge in [-0.1, -0.05) is 104 Å². The molecule has 0 aliphatic carbocycles. The Kier molecular flexibility index (Phi) is 24.9. The molecule has 0 fully saturated rings. The minimum absolute atomic E-state index is 0.151. The highest BCUT2D eigenvalue weighted by atomic mass is 16.7. The second kappa shape index (κ2) is 26.0. The van der Waals surface area contributed by atoms with Gasteiger partial charge in [0.05, 0.1) is 40.3 Å². The first-order chi connectivity index (χ1) is 19.6. The molecule has 9 nitrogen and oxygen atoms in total. The molecule has 0 rings (SSSR count). The lowest BCUT2D eigenvalue weighted by Crippen LogP contribution is -2.44. The van der Waals surface area contributed by atoms with Crippen LogP contribution in [0.5, 0.6) is 0 Å². The first-order valence-electron chi connectivity index (χ1n) is 16.2.